The molecule has 1 aromatic rings. The summed E-state index contributed by atoms with van der Waals surface area (Å²) >= 11 is 0. The zero-order chi connectivity index (χ0) is 10.8. The number of nitrogens with two attached hydrogens (primary N) is 1. The SMILES string of the molecule is NCC(=O)c1ccc(S(=O)(=O)[O-])cc1.[Na+]. The van der Waals surface area contributed by atoms with E-state index in [1.165, 1.54) is 12.1 Å². The predicted molar refractivity (Wildman–Crippen MR) is 47.8 cm³/mol. The van der Waals surface area contributed by atoms with E-state index in [1.54, 1.807) is 0 Å². The second-order valence-electron chi connectivity index (χ2n) is 2.61. The quantitative estimate of drug-likeness (QED) is 0.338. The molecule has 0 unspecified atom stereocenters. The van der Waals surface area contributed by atoms with Gasteiger partial charge in [0.25, 0.3) is 0 Å². The van der Waals surface area contributed by atoms with Crippen LogP contribution < -0.4 is 35.3 Å². The molecule has 0 aromatic heterocycles. The van der Waals surface area contributed by atoms with Crippen LogP contribution in [0.3, 0.4) is 0 Å². The minimum absolute atomic E-state index is 0. The van der Waals surface area contributed by atoms with Crippen molar-refractivity contribution < 1.29 is 47.3 Å². The molecular weight excluding hydrogens is 229 g/mol. The molecule has 0 heterocycles. The Kier molecular flexibility index (Phi) is 5.65. The van der Waals surface area contributed by atoms with Gasteiger partial charge in [-0.25, -0.2) is 8.42 Å². The molecule has 0 fully saturated rings. The molecule has 7 heteroatoms. The van der Waals surface area contributed by atoms with Gasteiger partial charge in [-0.1, -0.05) is 12.1 Å². The molecule has 0 spiro atoms. The van der Waals surface area contributed by atoms with Gasteiger partial charge in [-0.2, -0.15) is 0 Å². The second-order valence-corrected chi connectivity index (χ2v) is 3.99. The summed E-state index contributed by atoms with van der Waals surface area (Å²) < 4.78 is 31.6. The van der Waals surface area contributed by atoms with Crippen LogP contribution >= 0.6 is 0 Å². The fraction of sp³-hybridized carbons (Fsp3) is 0.125. The number of hydrogen-bond acceptors (Lipinski definition) is 5. The van der Waals surface area contributed by atoms with E-state index in [2.05, 4.69) is 0 Å². The zero-order valence-corrected chi connectivity index (χ0v) is 11.0. The Labute approximate surface area is 110 Å². The summed E-state index contributed by atoms with van der Waals surface area (Å²) in [6.45, 7) is -0.149. The fourth-order valence-corrected chi connectivity index (χ4v) is 1.39. The molecular formula is C8H8NNaO4S. The van der Waals surface area contributed by atoms with Crippen LogP contribution in [-0.4, -0.2) is 25.3 Å². The first-order chi connectivity index (χ1) is 6.45. The third-order valence-electron chi connectivity index (χ3n) is 1.65. The molecule has 0 bridgehead atoms. The standard InChI is InChI=1S/C8H9NO4S.Na/c9-5-8(10)6-1-3-7(4-2-6)14(11,12)13;/h1-4H,5,9H2,(H,11,12,13);/q;+1/p-1. The van der Waals surface area contributed by atoms with Crippen LogP contribution in [0.4, 0.5) is 0 Å². The molecule has 0 aliphatic rings. The van der Waals surface area contributed by atoms with Gasteiger partial charge in [0.15, 0.2) is 5.78 Å². The summed E-state index contributed by atoms with van der Waals surface area (Å²) in [7, 11) is -4.44. The molecule has 15 heavy (non-hydrogen) atoms. The number of rotatable bonds is 3. The summed E-state index contributed by atoms with van der Waals surface area (Å²) in [5.41, 5.74) is 5.39. The van der Waals surface area contributed by atoms with E-state index >= 15 is 0 Å². The van der Waals surface area contributed by atoms with Crippen LogP contribution in [0.25, 0.3) is 0 Å². The molecule has 0 amide bonds. The Bertz CT molecular complexity index is 440. The van der Waals surface area contributed by atoms with Gasteiger partial charge in [0.2, 0.25) is 0 Å². The summed E-state index contributed by atoms with van der Waals surface area (Å²) in [6, 6.07) is 4.70. The average Bonchev–Trinajstić information content (AvgIpc) is 2.15. The zero-order valence-electron chi connectivity index (χ0n) is 8.14. The van der Waals surface area contributed by atoms with Crippen LogP contribution in [-0.2, 0) is 10.1 Å². The third kappa shape index (κ3) is 4.02. The topological polar surface area (TPSA) is 100 Å². The van der Waals surface area contributed by atoms with Gasteiger partial charge in [0.1, 0.15) is 10.1 Å². The van der Waals surface area contributed by atoms with E-state index < -0.39 is 10.1 Å². The Morgan fingerprint density at radius 2 is 1.73 bits per heavy atom. The van der Waals surface area contributed by atoms with Gasteiger partial charge in [-0.3, -0.25) is 4.79 Å². The molecule has 0 saturated carbocycles. The first kappa shape index (κ1) is 14.8. The van der Waals surface area contributed by atoms with E-state index in [-0.39, 0.29) is 46.8 Å². The molecule has 0 saturated heterocycles. The molecule has 2 N–H and O–H groups in total. The molecule has 76 valence electrons. The Balaban J connectivity index is 0.00000196. The first-order valence-electron chi connectivity index (χ1n) is 3.74. The minimum Gasteiger partial charge on any atom is -0.744 e. The van der Waals surface area contributed by atoms with Gasteiger partial charge in [0.05, 0.1) is 11.4 Å². The third-order valence-corrected chi connectivity index (χ3v) is 2.50. The molecule has 0 atom stereocenters. The van der Waals surface area contributed by atoms with Crippen molar-refractivity contribution in [1.29, 1.82) is 0 Å². The fourth-order valence-electron chi connectivity index (χ4n) is 0.925. The number of carbonyl (C=O) groups is 1. The van der Waals surface area contributed by atoms with Gasteiger partial charge in [0, 0.05) is 5.56 Å². The van der Waals surface area contributed by atoms with Crippen molar-refractivity contribution in [3.05, 3.63) is 29.8 Å². The number of benzene rings is 1. The maximum Gasteiger partial charge on any atom is 1.00 e. The van der Waals surface area contributed by atoms with Crippen molar-refractivity contribution in [3.8, 4) is 0 Å². The van der Waals surface area contributed by atoms with Crippen molar-refractivity contribution >= 4 is 15.9 Å². The number of Topliss-reactive ketones (excluding diaryl/α,β-unsaturated/α-hetero) is 1. The maximum atomic E-state index is 11.0. The van der Waals surface area contributed by atoms with Crippen LogP contribution in [0.1, 0.15) is 10.4 Å². The molecule has 1 aromatic carbocycles. The summed E-state index contributed by atoms with van der Waals surface area (Å²) in [5, 5.41) is 0. The van der Waals surface area contributed by atoms with Crippen molar-refractivity contribution in [1.82, 2.24) is 0 Å². The van der Waals surface area contributed by atoms with E-state index in [9.17, 15) is 17.8 Å². The van der Waals surface area contributed by atoms with Gasteiger partial charge < -0.3 is 10.3 Å². The van der Waals surface area contributed by atoms with Crippen molar-refractivity contribution in [3.63, 3.8) is 0 Å². The number of hydrogen-bond donors (Lipinski definition) is 1. The largest absolute Gasteiger partial charge is 1.00 e. The van der Waals surface area contributed by atoms with Crippen molar-refractivity contribution in [2.75, 3.05) is 6.54 Å². The van der Waals surface area contributed by atoms with Gasteiger partial charge >= 0.3 is 29.6 Å². The average molecular weight is 237 g/mol. The second kappa shape index (κ2) is 5.74. The Hall–Kier alpha value is -0.240. The van der Waals surface area contributed by atoms with Crippen LogP contribution in [0.5, 0.6) is 0 Å². The van der Waals surface area contributed by atoms with Crippen LogP contribution in [0.15, 0.2) is 29.2 Å². The van der Waals surface area contributed by atoms with Gasteiger partial charge in [-0.15, -0.1) is 0 Å². The monoisotopic (exact) mass is 237 g/mol. The molecule has 1 rings (SSSR count). The smallest absolute Gasteiger partial charge is 0.744 e. The summed E-state index contributed by atoms with van der Waals surface area (Å²) in [5.74, 6) is -0.306. The minimum atomic E-state index is -4.44. The van der Waals surface area contributed by atoms with E-state index in [0.29, 0.717) is 5.56 Å². The van der Waals surface area contributed by atoms with Crippen molar-refractivity contribution in [2.24, 2.45) is 5.73 Å². The Morgan fingerprint density at radius 1 is 1.27 bits per heavy atom. The van der Waals surface area contributed by atoms with E-state index in [0.717, 1.165) is 12.1 Å². The number of ketones is 1. The molecule has 5 nitrogen and oxygen atoms in total. The number of carbonyl (C=O) groups excluding carboxylic acids is 1. The molecule has 0 aliphatic heterocycles. The Morgan fingerprint density at radius 3 is 2.07 bits per heavy atom. The van der Waals surface area contributed by atoms with Gasteiger partial charge in [-0.05, 0) is 12.1 Å². The summed E-state index contributed by atoms with van der Waals surface area (Å²) in [4.78, 5) is 10.7. The van der Waals surface area contributed by atoms with E-state index in [1.807, 2.05) is 0 Å². The van der Waals surface area contributed by atoms with Crippen LogP contribution in [0, 0.1) is 0 Å². The molecule has 0 radical (unpaired) electrons. The van der Waals surface area contributed by atoms with E-state index in [4.69, 9.17) is 5.73 Å². The van der Waals surface area contributed by atoms with Crippen molar-refractivity contribution in [2.45, 2.75) is 4.90 Å². The molecule has 0 aliphatic carbocycles. The predicted octanol–water partition coefficient (Wildman–Crippen LogP) is -3.26. The normalized spacial score (nSPS) is 10.5. The summed E-state index contributed by atoms with van der Waals surface area (Å²) in [6.07, 6.45) is 0. The first-order valence-corrected chi connectivity index (χ1v) is 5.15. The van der Waals surface area contributed by atoms with Crippen LogP contribution in [0.2, 0.25) is 0 Å². The maximum absolute atomic E-state index is 11.0.